The average molecular weight is 404 g/mol. The molecule has 0 aliphatic rings. The fourth-order valence-electron chi connectivity index (χ4n) is 2.84. The van der Waals surface area contributed by atoms with E-state index >= 15 is 0 Å². The Hall–Kier alpha value is -4.01. The highest BCUT2D eigenvalue weighted by molar-refractivity contribution is 5.92. The lowest BCUT2D eigenvalue weighted by molar-refractivity contribution is -0.116. The van der Waals surface area contributed by atoms with E-state index in [1.54, 1.807) is 41.5 Å². The molecule has 1 N–H and O–H groups in total. The molecule has 1 amide bonds. The van der Waals surface area contributed by atoms with Gasteiger partial charge in [0.05, 0.1) is 12.3 Å². The van der Waals surface area contributed by atoms with Gasteiger partial charge in [0, 0.05) is 37.0 Å². The Labute approximate surface area is 172 Å². The van der Waals surface area contributed by atoms with E-state index in [9.17, 15) is 4.79 Å². The van der Waals surface area contributed by atoms with Gasteiger partial charge >= 0.3 is 0 Å². The van der Waals surface area contributed by atoms with Crippen LogP contribution in [0.15, 0.2) is 65.6 Å². The van der Waals surface area contributed by atoms with Gasteiger partial charge in [-0.15, -0.1) is 0 Å². The van der Waals surface area contributed by atoms with Crippen LogP contribution < -0.4 is 10.1 Å². The molecular formula is C21H20N6O3. The van der Waals surface area contributed by atoms with Crippen LogP contribution in [-0.2, 0) is 11.2 Å². The van der Waals surface area contributed by atoms with Crippen LogP contribution in [0.4, 0.5) is 5.69 Å². The van der Waals surface area contributed by atoms with E-state index in [1.807, 2.05) is 31.2 Å². The SMILES string of the molecule is CCOc1ccc(-c2noc(CCC(=O)Nc3cccnc3-n3cccn3)n2)cc1. The number of aromatic nitrogens is 5. The van der Waals surface area contributed by atoms with Gasteiger partial charge in [0.15, 0.2) is 5.82 Å². The molecule has 1 aromatic carbocycles. The third kappa shape index (κ3) is 4.52. The van der Waals surface area contributed by atoms with E-state index in [0.717, 1.165) is 11.3 Å². The molecule has 3 aromatic heterocycles. The Bertz CT molecular complexity index is 1110. The molecule has 9 nitrogen and oxygen atoms in total. The minimum Gasteiger partial charge on any atom is -0.494 e. The minimum absolute atomic E-state index is 0.183. The Morgan fingerprint density at radius 3 is 2.80 bits per heavy atom. The molecule has 0 unspecified atom stereocenters. The molecule has 4 rings (SSSR count). The van der Waals surface area contributed by atoms with Crippen LogP contribution in [0.25, 0.3) is 17.2 Å². The summed E-state index contributed by atoms with van der Waals surface area (Å²) in [7, 11) is 0. The summed E-state index contributed by atoms with van der Waals surface area (Å²) in [6, 6.07) is 12.8. The van der Waals surface area contributed by atoms with Crippen molar-refractivity contribution in [2.75, 3.05) is 11.9 Å². The number of anilines is 1. The zero-order valence-corrected chi connectivity index (χ0v) is 16.4. The first-order valence-corrected chi connectivity index (χ1v) is 9.53. The third-order valence-corrected chi connectivity index (χ3v) is 4.24. The zero-order chi connectivity index (χ0) is 20.8. The summed E-state index contributed by atoms with van der Waals surface area (Å²) >= 11 is 0. The topological polar surface area (TPSA) is 108 Å². The molecule has 0 aliphatic carbocycles. The van der Waals surface area contributed by atoms with Crippen molar-refractivity contribution in [1.29, 1.82) is 0 Å². The number of benzene rings is 1. The lowest BCUT2D eigenvalue weighted by atomic mass is 10.2. The van der Waals surface area contributed by atoms with E-state index in [4.69, 9.17) is 9.26 Å². The van der Waals surface area contributed by atoms with Crippen LogP contribution >= 0.6 is 0 Å². The maximum atomic E-state index is 12.4. The molecule has 0 bridgehead atoms. The van der Waals surface area contributed by atoms with E-state index < -0.39 is 0 Å². The van der Waals surface area contributed by atoms with Crippen LogP contribution in [0.2, 0.25) is 0 Å². The average Bonchev–Trinajstić information content (AvgIpc) is 3.46. The Morgan fingerprint density at radius 1 is 1.17 bits per heavy atom. The maximum Gasteiger partial charge on any atom is 0.227 e. The second-order valence-corrected chi connectivity index (χ2v) is 6.34. The fraction of sp³-hybridized carbons (Fsp3) is 0.190. The van der Waals surface area contributed by atoms with Crippen molar-refractivity contribution in [1.82, 2.24) is 24.9 Å². The molecule has 30 heavy (non-hydrogen) atoms. The van der Waals surface area contributed by atoms with Crippen molar-refractivity contribution >= 4 is 11.6 Å². The molecule has 4 aromatic rings. The molecule has 0 saturated heterocycles. The van der Waals surface area contributed by atoms with Crippen LogP contribution in [0.5, 0.6) is 5.75 Å². The third-order valence-electron chi connectivity index (χ3n) is 4.24. The first kappa shape index (κ1) is 19.3. The van der Waals surface area contributed by atoms with Gasteiger partial charge < -0.3 is 14.6 Å². The van der Waals surface area contributed by atoms with Crippen molar-refractivity contribution in [2.24, 2.45) is 0 Å². The first-order valence-electron chi connectivity index (χ1n) is 9.53. The minimum atomic E-state index is -0.183. The summed E-state index contributed by atoms with van der Waals surface area (Å²) in [5.41, 5.74) is 1.39. The summed E-state index contributed by atoms with van der Waals surface area (Å²) in [5, 5.41) is 11.0. The number of rotatable bonds is 8. The lowest BCUT2D eigenvalue weighted by Crippen LogP contribution is -2.15. The molecule has 3 heterocycles. The maximum absolute atomic E-state index is 12.4. The van der Waals surface area contributed by atoms with Crippen molar-refractivity contribution in [2.45, 2.75) is 19.8 Å². The quantitative estimate of drug-likeness (QED) is 0.480. The van der Waals surface area contributed by atoms with Crippen LogP contribution in [0, 0.1) is 0 Å². The van der Waals surface area contributed by atoms with Gasteiger partial charge in [-0.2, -0.15) is 10.1 Å². The largest absolute Gasteiger partial charge is 0.494 e. The van der Waals surface area contributed by atoms with Gasteiger partial charge in [-0.05, 0) is 49.4 Å². The molecule has 0 fully saturated rings. The summed E-state index contributed by atoms with van der Waals surface area (Å²) in [6.45, 7) is 2.54. The molecule has 152 valence electrons. The standard InChI is InChI=1S/C21H20N6O3/c1-2-29-16-8-6-15(7-9-16)20-25-19(30-26-20)11-10-18(28)24-17-5-3-12-22-21(17)27-14-4-13-23-27/h3-9,12-14H,2,10-11H2,1H3,(H,24,28). The first-order chi connectivity index (χ1) is 14.7. The highest BCUT2D eigenvalue weighted by atomic mass is 16.5. The normalized spacial score (nSPS) is 10.7. The van der Waals surface area contributed by atoms with Crippen molar-refractivity contribution in [3.05, 3.63) is 66.9 Å². The number of pyridine rings is 1. The second kappa shape index (κ2) is 8.99. The number of amides is 1. The fourth-order valence-corrected chi connectivity index (χ4v) is 2.84. The highest BCUT2D eigenvalue weighted by Gasteiger charge is 2.13. The number of aryl methyl sites for hydroxylation is 1. The van der Waals surface area contributed by atoms with E-state index in [1.165, 1.54) is 0 Å². The molecule has 0 spiro atoms. The van der Waals surface area contributed by atoms with Gasteiger partial charge in [-0.1, -0.05) is 5.16 Å². The number of nitrogens with one attached hydrogen (secondary N) is 1. The Morgan fingerprint density at radius 2 is 2.03 bits per heavy atom. The van der Waals surface area contributed by atoms with Gasteiger partial charge in [-0.3, -0.25) is 4.79 Å². The molecule has 0 aliphatic heterocycles. The number of carbonyl (C=O) groups is 1. The zero-order valence-electron chi connectivity index (χ0n) is 16.4. The van der Waals surface area contributed by atoms with Gasteiger partial charge in [0.2, 0.25) is 17.6 Å². The lowest BCUT2D eigenvalue weighted by Gasteiger charge is -2.09. The van der Waals surface area contributed by atoms with Crippen LogP contribution in [0.1, 0.15) is 19.2 Å². The number of carbonyl (C=O) groups excluding carboxylic acids is 1. The van der Waals surface area contributed by atoms with Gasteiger partial charge in [0.1, 0.15) is 5.75 Å². The number of hydrogen-bond donors (Lipinski definition) is 1. The predicted molar refractivity (Wildman–Crippen MR) is 109 cm³/mol. The van der Waals surface area contributed by atoms with Crippen molar-refractivity contribution < 1.29 is 14.1 Å². The second-order valence-electron chi connectivity index (χ2n) is 6.34. The monoisotopic (exact) mass is 404 g/mol. The molecule has 9 heteroatoms. The Balaban J connectivity index is 1.36. The Kier molecular flexibility index (Phi) is 5.79. The van der Waals surface area contributed by atoms with E-state index in [0.29, 0.717) is 36.2 Å². The van der Waals surface area contributed by atoms with Crippen LogP contribution in [-0.4, -0.2) is 37.4 Å². The van der Waals surface area contributed by atoms with E-state index in [-0.39, 0.29) is 12.3 Å². The number of nitrogens with zero attached hydrogens (tertiary/aromatic N) is 5. The van der Waals surface area contributed by atoms with Gasteiger partial charge in [0.25, 0.3) is 0 Å². The highest BCUT2D eigenvalue weighted by Crippen LogP contribution is 2.21. The number of hydrogen-bond acceptors (Lipinski definition) is 7. The smallest absolute Gasteiger partial charge is 0.227 e. The molecule has 0 saturated carbocycles. The predicted octanol–water partition coefficient (Wildman–Crippen LogP) is 3.29. The van der Waals surface area contributed by atoms with Gasteiger partial charge in [-0.25, -0.2) is 9.67 Å². The molecule has 0 radical (unpaired) electrons. The van der Waals surface area contributed by atoms with Crippen LogP contribution in [0.3, 0.4) is 0 Å². The summed E-state index contributed by atoms with van der Waals surface area (Å²) < 4.78 is 12.3. The summed E-state index contributed by atoms with van der Waals surface area (Å²) in [6.07, 6.45) is 5.58. The molecule has 0 atom stereocenters. The van der Waals surface area contributed by atoms with Crippen molar-refractivity contribution in [3.8, 4) is 23.0 Å². The number of ether oxygens (including phenoxy) is 1. The van der Waals surface area contributed by atoms with E-state index in [2.05, 4.69) is 25.5 Å². The molecular weight excluding hydrogens is 384 g/mol. The summed E-state index contributed by atoms with van der Waals surface area (Å²) in [5.74, 6) is 2.02. The summed E-state index contributed by atoms with van der Waals surface area (Å²) in [4.78, 5) is 21.1. The van der Waals surface area contributed by atoms with Crippen molar-refractivity contribution in [3.63, 3.8) is 0 Å².